The Morgan fingerprint density at radius 1 is 0.959 bits per heavy atom. The van der Waals surface area contributed by atoms with E-state index >= 15 is 4.39 Å². The van der Waals surface area contributed by atoms with E-state index in [0.29, 0.717) is 29.3 Å². The molecular formula is C35H25ClF3N7O3. The molecule has 7 rings (SSSR count). The van der Waals surface area contributed by atoms with E-state index in [1.165, 1.54) is 27.8 Å². The molecule has 3 amide bonds. The first-order chi connectivity index (χ1) is 23.6. The maximum absolute atomic E-state index is 15.7. The van der Waals surface area contributed by atoms with E-state index in [1.54, 1.807) is 24.3 Å². The average molecular weight is 684 g/mol. The number of halogens is 4. The number of nitrogens with one attached hydrogen (secondary N) is 1. The lowest BCUT2D eigenvalue weighted by Gasteiger charge is -2.37. The number of likely N-dealkylation sites (tertiary alicyclic amines) is 1. The molecule has 3 aromatic carbocycles. The highest BCUT2D eigenvalue weighted by Gasteiger charge is 2.51. The molecule has 14 heteroatoms. The van der Waals surface area contributed by atoms with Gasteiger partial charge in [0.2, 0.25) is 17.6 Å². The third-order valence-electron chi connectivity index (χ3n) is 8.87. The number of hydrogen-bond donors (Lipinski definition) is 2. The molecule has 3 atom stereocenters. The van der Waals surface area contributed by atoms with Crippen LogP contribution in [0.2, 0.25) is 5.02 Å². The normalized spacial score (nSPS) is 18.0. The number of nitrogens with zero attached hydrogens (tertiary/aromatic N) is 5. The Morgan fingerprint density at radius 2 is 1.76 bits per heavy atom. The maximum Gasteiger partial charge on any atom is 0.269 e. The minimum atomic E-state index is -0.879. The number of rotatable bonds is 6. The molecular weight excluding hydrogens is 659 g/mol. The van der Waals surface area contributed by atoms with Crippen molar-refractivity contribution in [3.63, 3.8) is 0 Å². The summed E-state index contributed by atoms with van der Waals surface area (Å²) in [5, 5.41) is 7.35. The van der Waals surface area contributed by atoms with Gasteiger partial charge in [-0.25, -0.2) is 23.1 Å². The van der Waals surface area contributed by atoms with Gasteiger partial charge in [-0.1, -0.05) is 29.7 Å². The van der Waals surface area contributed by atoms with Gasteiger partial charge in [0.25, 0.3) is 5.91 Å². The fraction of sp³-hybridized carbons (Fsp3) is 0.200. The van der Waals surface area contributed by atoms with Gasteiger partial charge in [-0.3, -0.25) is 19.1 Å². The monoisotopic (exact) mass is 683 g/mol. The fourth-order valence-electron chi connectivity index (χ4n) is 6.45. The number of primary amides is 1. The second-order valence-electron chi connectivity index (χ2n) is 11.8. The van der Waals surface area contributed by atoms with Gasteiger partial charge in [-0.15, -0.1) is 0 Å². The van der Waals surface area contributed by atoms with Gasteiger partial charge < -0.3 is 16.0 Å². The van der Waals surface area contributed by atoms with Crippen molar-refractivity contribution in [2.45, 2.75) is 37.9 Å². The Hall–Kier alpha value is -5.74. The van der Waals surface area contributed by atoms with Crippen molar-refractivity contribution in [1.82, 2.24) is 24.6 Å². The highest BCUT2D eigenvalue weighted by molar-refractivity contribution is 6.33. The molecule has 2 aliphatic rings. The third kappa shape index (κ3) is 6.07. The summed E-state index contributed by atoms with van der Waals surface area (Å²) in [6.45, 7) is -0.294. The number of carbonyl (C=O) groups excluding carboxylic acids is 3. The van der Waals surface area contributed by atoms with Crippen LogP contribution in [0.3, 0.4) is 0 Å². The standard InChI is InChI=1S/C35H25ClF3N7O3/c36-25-14-20(37)7-8-22(25)23-2-1-3-26(32(23)39)43-35(49)29-13-19-6-10-27(19)46(29)31(47)17-45-28-9-4-18(12-24(28)33(44-45)34(40)48)5-11-30-41-15-21(38)16-42-30/h1-4,7-9,12,14-16,19,27,29H,6,10,13,17H2,(H2,40,48)(H,43,49). The minimum absolute atomic E-state index is 0.0147. The fourth-order valence-corrected chi connectivity index (χ4v) is 6.72. The Labute approximate surface area is 282 Å². The van der Waals surface area contributed by atoms with Crippen molar-refractivity contribution in [3.8, 4) is 23.0 Å². The zero-order valence-electron chi connectivity index (χ0n) is 25.5. The second-order valence-corrected chi connectivity index (χ2v) is 12.2. The summed E-state index contributed by atoms with van der Waals surface area (Å²) in [7, 11) is 0. The highest BCUT2D eigenvalue weighted by Crippen LogP contribution is 2.44. The molecule has 2 fully saturated rings. The Morgan fingerprint density at radius 3 is 2.47 bits per heavy atom. The van der Waals surface area contributed by atoms with Crippen LogP contribution in [0.1, 0.15) is 41.1 Å². The third-order valence-corrected chi connectivity index (χ3v) is 9.19. The van der Waals surface area contributed by atoms with Crippen molar-refractivity contribution in [2.24, 2.45) is 11.7 Å². The number of benzene rings is 3. The number of aromatic nitrogens is 4. The molecule has 2 aromatic heterocycles. The molecule has 246 valence electrons. The smallest absolute Gasteiger partial charge is 0.269 e. The van der Waals surface area contributed by atoms with Crippen LogP contribution in [0.15, 0.2) is 67.0 Å². The lowest BCUT2D eigenvalue weighted by Crippen LogP contribution is -2.50. The first-order valence-corrected chi connectivity index (χ1v) is 15.6. The highest BCUT2D eigenvalue weighted by atomic mass is 35.5. The molecule has 3 unspecified atom stereocenters. The van der Waals surface area contributed by atoms with Crippen LogP contribution in [-0.2, 0) is 16.1 Å². The number of hydrogen-bond acceptors (Lipinski definition) is 6. The summed E-state index contributed by atoms with van der Waals surface area (Å²) >= 11 is 6.17. The summed E-state index contributed by atoms with van der Waals surface area (Å²) in [5.41, 5.74) is 6.70. The van der Waals surface area contributed by atoms with Gasteiger partial charge in [-0.2, -0.15) is 5.10 Å². The molecule has 1 aliphatic heterocycles. The van der Waals surface area contributed by atoms with Crippen LogP contribution in [0.25, 0.3) is 22.0 Å². The summed E-state index contributed by atoms with van der Waals surface area (Å²) in [6, 6.07) is 11.8. The molecule has 5 aromatic rings. The minimum Gasteiger partial charge on any atom is -0.364 e. The summed E-state index contributed by atoms with van der Waals surface area (Å²) in [5.74, 6) is 2.10. The molecule has 1 aliphatic carbocycles. The Balaban J connectivity index is 1.13. The molecule has 49 heavy (non-hydrogen) atoms. The maximum atomic E-state index is 15.7. The predicted molar refractivity (Wildman–Crippen MR) is 173 cm³/mol. The van der Waals surface area contributed by atoms with Crippen LogP contribution in [0.5, 0.6) is 0 Å². The van der Waals surface area contributed by atoms with Gasteiger partial charge in [0.1, 0.15) is 18.4 Å². The van der Waals surface area contributed by atoms with Crippen molar-refractivity contribution in [2.75, 3.05) is 5.32 Å². The molecule has 0 spiro atoms. The van der Waals surface area contributed by atoms with Gasteiger partial charge in [0.05, 0.1) is 28.6 Å². The zero-order chi connectivity index (χ0) is 34.4. The lowest BCUT2D eigenvalue weighted by molar-refractivity contribution is -0.140. The van der Waals surface area contributed by atoms with E-state index in [2.05, 4.69) is 32.2 Å². The van der Waals surface area contributed by atoms with E-state index < -0.39 is 41.2 Å². The summed E-state index contributed by atoms with van der Waals surface area (Å²) in [4.78, 5) is 49.0. The summed E-state index contributed by atoms with van der Waals surface area (Å²) < 4.78 is 43.8. The van der Waals surface area contributed by atoms with Crippen LogP contribution < -0.4 is 11.1 Å². The Bertz CT molecular complexity index is 2230. The molecule has 0 bridgehead atoms. The predicted octanol–water partition coefficient (Wildman–Crippen LogP) is 5.08. The van der Waals surface area contributed by atoms with E-state index in [0.717, 1.165) is 30.9 Å². The van der Waals surface area contributed by atoms with Crippen molar-refractivity contribution >= 4 is 45.9 Å². The van der Waals surface area contributed by atoms with Crippen LogP contribution in [0.4, 0.5) is 18.9 Å². The van der Waals surface area contributed by atoms with Crippen LogP contribution in [0, 0.1) is 35.2 Å². The molecule has 3 N–H and O–H groups in total. The van der Waals surface area contributed by atoms with Gasteiger partial charge in [0, 0.05) is 28.1 Å². The van der Waals surface area contributed by atoms with Crippen molar-refractivity contribution in [3.05, 3.63) is 107 Å². The van der Waals surface area contributed by atoms with E-state index in [1.807, 2.05) is 0 Å². The van der Waals surface area contributed by atoms with Gasteiger partial charge >= 0.3 is 0 Å². The largest absolute Gasteiger partial charge is 0.364 e. The summed E-state index contributed by atoms with van der Waals surface area (Å²) in [6.07, 6.45) is 3.94. The number of nitrogens with two attached hydrogens (primary N) is 1. The molecule has 1 saturated heterocycles. The molecule has 10 nitrogen and oxygen atoms in total. The number of anilines is 1. The number of fused-ring (bicyclic) bond motifs is 2. The van der Waals surface area contributed by atoms with E-state index in [9.17, 15) is 23.2 Å². The van der Waals surface area contributed by atoms with Gasteiger partial charge in [-0.05, 0) is 73.6 Å². The van der Waals surface area contributed by atoms with Crippen LogP contribution >= 0.6 is 11.6 Å². The SMILES string of the molecule is NC(=O)c1nn(CC(=O)N2C(C(=O)Nc3cccc(-c4ccc(F)cc4Cl)c3F)CC3CCC32)c2ccc(C#Cc3ncc(F)cn3)cc12. The Kier molecular flexibility index (Phi) is 8.25. The van der Waals surface area contributed by atoms with Gasteiger partial charge in [0.15, 0.2) is 17.3 Å². The first-order valence-electron chi connectivity index (χ1n) is 15.2. The number of amides is 3. The van der Waals surface area contributed by atoms with Crippen molar-refractivity contribution in [1.29, 1.82) is 0 Å². The lowest BCUT2D eigenvalue weighted by atomic mass is 9.80. The topological polar surface area (TPSA) is 136 Å². The average Bonchev–Trinajstić information content (AvgIpc) is 3.55. The van der Waals surface area contributed by atoms with Crippen LogP contribution in [-0.4, -0.2) is 54.5 Å². The second kappa shape index (κ2) is 12.7. The molecule has 0 radical (unpaired) electrons. The van der Waals surface area contributed by atoms with E-state index in [-0.39, 0.29) is 51.9 Å². The number of carbonyl (C=O) groups is 3. The quantitative estimate of drug-likeness (QED) is 0.240. The first kappa shape index (κ1) is 31.8. The van der Waals surface area contributed by atoms with E-state index in [4.69, 9.17) is 17.3 Å². The molecule has 3 heterocycles. The molecule has 1 saturated carbocycles. The van der Waals surface area contributed by atoms with Crippen molar-refractivity contribution < 1.29 is 27.6 Å². The zero-order valence-corrected chi connectivity index (χ0v) is 26.2.